The van der Waals surface area contributed by atoms with Crippen molar-refractivity contribution < 1.29 is 34.3 Å². The molecule has 1 unspecified atom stereocenters. The van der Waals surface area contributed by atoms with E-state index in [1.165, 1.54) is 6.92 Å². The number of aromatic carboxylic acids is 1. The summed E-state index contributed by atoms with van der Waals surface area (Å²) in [5.74, 6) is -6.30. The molecule has 9 heteroatoms. The lowest BCUT2D eigenvalue weighted by Crippen LogP contribution is -2.26. The van der Waals surface area contributed by atoms with Crippen LogP contribution in [0.1, 0.15) is 28.8 Å². The fraction of sp³-hybridized carbons (Fsp3) is 0.250. The highest BCUT2D eigenvalue weighted by atomic mass is 16.6. The maximum atomic E-state index is 11.7. The number of nitro benzene ring substituents is 1. The van der Waals surface area contributed by atoms with Gasteiger partial charge in [0.05, 0.1) is 17.1 Å². The molecule has 1 aromatic rings. The van der Waals surface area contributed by atoms with E-state index in [9.17, 15) is 24.5 Å². The van der Waals surface area contributed by atoms with Gasteiger partial charge in [0, 0.05) is 12.1 Å². The molecule has 0 aliphatic rings. The quantitative estimate of drug-likeness (QED) is 0.342. The second-order valence-corrected chi connectivity index (χ2v) is 3.86. The average molecular weight is 297 g/mol. The van der Waals surface area contributed by atoms with Gasteiger partial charge >= 0.3 is 17.9 Å². The van der Waals surface area contributed by atoms with E-state index in [1.54, 1.807) is 0 Å². The third kappa shape index (κ3) is 3.53. The first-order valence-electron chi connectivity index (χ1n) is 5.70. The largest absolute Gasteiger partial charge is 0.480 e. The van der Waals surface area contributed by atoms with Gasteiger partial charge in [-0.05, 0) is 18.6 Å². The van der Waals surface area contributed by atoms with Gasteiger partial charge in [0.25, 0.3) is 5.69 Å². The van der Waals surface area contributed by atoms with Crippen LogP contribution in [0.2, 0.25) is 0 Å². The summed E-state index contributed by atoms with van der Waals surface area (Å²) >= 11 is 0. The van der Waals surface area contributed by atoms with Crippen LogP contribution < -0.4 is 0 Å². The highest BCUT2D eigenvalue weighted by Gasteiger charge is 2.34. The Labute approximate surface area is 117 Å². The van der Waals surface area contributed by atoms with E-state index in [0.29, 0.717) is 0 Å². The minimum Gasteiger partial charge on any atom is -0.480 e. The SMILES string of the molecule is CCOC(=O)C(C(=O)O)c1cc([N+](=O)[O-])ccc1C(=O)O. The van der Waals surface area contributed by atoms with Gasteiger partial charge in [-0.25, -0.2) is 4.79 Å². The van der Waals surface area contributed by atoms with Gasteiger partial charge in [0.2, 0.25) is 0 Å². The molecule has 21 heavy (non-hydrogen) atoms. The van der Waals surface area contributed by atoms with E-state index in [4.69, 9.17) is 10.2 Å². The molecule has 1 atom stereocenters. The van der Waals surface area contributed by atoms with Crippen molar-refractivity contribution >= 4 is 23.6 Å². The summed E-state index contributed by atoms with van der Waals surface area (Å²) < 4.78 is 4.57. The molecule has 0 spiro atoms. The number of non-ortho nitro benzene ring substituents is 1. The Morgan fingerprint density at radius 3 is 2.38 bits per heavy atom. The standard InChI is InChI=1S/C12H11NO8/c1-2-21-12(18)9(11(16)17)8-5-6(13(19)20)3-4-7(8)10(14)15/h3-5,9H,2H2,1H3,(H,14,15)(H,16,17). The van der Waals surface area contributed by atoms with Gasteiger partial charge in [0.15, 0.2) is 5.92 Å². The zero-order chi connectivity index (χ0) is 16.2. The summed E-state index contributed by atoms with van der Waals surface area (Å²) in [4.78, 5) is 43.9. The lowest BCUT2D eigenvalue weighted by Gasteiger charge is -2.13. The predicted octanol–water partition coefficient (Wildman–Crippen LogP) is 1.02. The number of aliphatic carboxylic acids is 1. The summed E-state index contributed by atoms with van der Waals surface area (Å²) in [6, 6.07) is 2.54. The molecule has 0 radical (unpaired) electrons. The van der Waals surface area contributed by atoms with E-state index >= 15 is 0 Å². The highest BCUT2D eigenvalue weighted by molar-refractivity contribution is 6.03. The van der Waals surface area contributed by atoms with Crippen LogP contribution in [0.3, 0.4) is 0 Å². The van der Waals surface area contributed by atoms with E-state index in [2.05, 4.69) is 4.74 Å². The maximum absolute atomic E-state index is 11.7. The van der Waals surface area contributed by atoms with Crippen molar-refractivity contribution in [1.29, 1.82) is 0 Å². The van der Waals surface area contributed by atoms with Gasteiger partial charge in [-0.1, -0.05) is 0 Å². The molecule has 0 bridgehead atoms. The van der Waals surface area contributed by atoms with Gasteiger partial charge in [-0.15, -0.1) is 0 Å². The summed E-state index contributed by atoms with van der Waals surface area (Å²) in [5.41, 5.74) is -1.53. The molecular formula is C12H11NO8. The van der Waals surface area contributed by atoms with E-state index in [1.807, 2.05) is 0 Å². The normalized spacial score (nSPS) is 11.5. The monoisotopic (exact) mass is 297 g/mol. The Balaban J connectivity index is 3.49. The van der Waals surface area contributed by atoms with Gasteiger partial charge in [-0.2, -0.15) is 0 Å². The Kier molecular flexibility index (Phi) is 4.95. The molecule has 112 valence electrons. The number of esters is 1. The first-order valence-corrected chi connectivity index (χ1v) is 5.70. The van der Waals surface area contributed by atoms with Crippen LogP contribution in [0.25, 0.3) is 0 Å². The van der Waals surface area contributed by atoms with Crippen molar-refractivity contribution in [3.8, 4) is 0 Å². The smallest absolute Gasteiger partial charge is 0.336 e. The fourth-order valence-electron chi connectivity index (χ4n) is 1.68. The van der Waals surface area contributed by atoms with Crippen molar-refractivity contribution in [2.45, 2.75) is 12.8 Å². The van der Waals surface area contributed by atoms with E-state index in [-0.39, 0.29) is 6.61 Å². The third-order valence-corrected chi connectivity index (χ3v) is 2.56. The molecule has 0 fully saturated rings. The molecule has 0 aromatic heterocycles. The molecule has 0 aliphatic carbocycles. The lowest BCUT2D eigenvalue weighted by molar-refractivity contribution is -0.384. The molecule has 1 rings (SSSR count). The number of carbonyl (C=O) groups excluding carboxylic acids is 1. The van der Waals surface area contributed by atoms with Gasteiger partial charge < -0.3 is 14.9 Å². The molecule has 1 aromatic carbocycles. The topological polar surface area (TPSA) is 144 Å². The Morgan fingerprint density at radius 2 is 1.95 bits per heavy atom. The number of ether oxygens (including phenoxy) is 1. The Morgan fingerprint density at radius 1 is 1.33 bits per heavy atom. The van der Waals surface area contributed by atoms with Crippen molar-refractivity contribution in [3.63, 3.8) is 0 Å². The van der Waals surface area contributed by atoms with Gasteiger partial charge in [0.1, 0.15) is 0 Å². The molecular weight excluding hydrogens is 286 g/mol. The van der Waals surface area contributed by atoms with Crippen LogP contribution in [-0.4, -0.2) is 39.7 Å². The van der Waals surface area contributed by atoms with Crippen molar-refractivity contribution in [2.75, 3.05) is 6.61 Å². The fourth-order valence-corrected chi connectivity index (χ4v) is 1.68. The number of carboxylic acid groups (broad SMARTS) is 2. The van der Waals surface area contributed by atoms with Crippen LogP contribution in [0.5, 0.6) is 0 Å². The number of benzene rings is 1. The number of nitrogens with zero attached hydrogens (tertiary/aromatic N) is 1. The van der Waals surface area contributed by atoms with E-state index in [0.717, 1.165) is 18.2 Å². The average Bonchev–Trinajstić information content (AvgIpc) is 2.38. The Hall–Kier alpha value is -2.97. The van der Waals surface area contributed by atoms with Crippen molar-refractivity contribution in [1.82, 2.24) is 0 Å². The maximum Gasteiger partial charge on any atom is 0.336 e. The van der Waals surface area contributed by atoms with E-state index < -0.39 is 45.6 Å². The van der Waals surface area contributed by atoms with Crippen LogP contribution in [0.4, 0.5) is 5.69 Å². The van der Waals surface area contributed by atoms with Crippen LogP contribution in [0.15, 0.2) is 18.2 Å². The minimum atomic E-state index is -1.95. The lowest BCUT2D eigenvalue weighted by atomic mass is 9.93. The molecule has 9 nitrogen and oxygen atoms in total. The Bertz CT molecular complexity index is 609. The number of hydrogen-bond acceptors (Lipinski definition) is 6. The zero-order valence-corrected chi connectivity index (χ0v) is 10.8. The summed E-state index contributed by atoms with van der Waals surface area (Å²) in [5, 5.41) is 28.8. The van der Waals surface area contributed by atoms with Crippen molar-refractivity contribution in [2.24, 2.45) is 0 Å². The second kappa shape index (κ2) is 6.46. The molecule has 0 amide bonds. The second-order valence-electron chi connectivity index (χ2n) is 3.86. The number of nitro groups is 1. The first kappa shape index (κ1) is 16.1. The first-order chi connectivity index (χ1) is 9.79. The minimum absolute atomic E-state index is 0.111. The molecule has 0 aliphatic heterocycles. The number of rotatable bonds is 6. The van der Waals surface area contributed by atoms with Gasteiger partial charge in [-0.3, -0.25) is 19.7 Å². The summed E-state index contributed by atoms with van der Waals surface area (Å²) in [6.07, 6.45) is 0. The summed E-state index contributed by atoms with van der Waals surface area (Å²) in [7, 11) is 0. The van der Waals surface area contributed by atoms with Crippen molar-refractivity contribution in [3.05, 3.63) is 39.4 Å². The van der Waals surface area contributed by atoms with Crippen LogP contribution >= 0.6 is 0 Å². The highest BCUT2D eigenvalue weighted by Crippen LogP contribution is 2.27. The third-order valence-electron chi connectivity index (χ3n) is 2.56. The summed E-state index contributed by atoms with van der Waals surface area (Å²) in [6.45, 7) is 1.34. The number of hydrogen-bond donors (Lipinski definition) is 2. The zero-order valence-electron chi connectivity index (χ0n) is 10.8. The number of carbonyl (C=O) groups is 3. The predicted molar refractivity (Wildman–Crippen MR) is 67.1 cm³/mol. The molecule has 0 saturated carbocycles. The number of carboxylic acids is 2. The molecule has 2 N–H and O–H groups in total. The van der Waals surface area contributed by atoms with Crippen LogP contribution in [0, 0.1) is 10.1 Å². The molecule has 0 heterocycles. The van der Waals surface area contributed by atoms with Crippen LogP contribution in [-0.2, 0) is 14.3 Å². The molecule has 0 saturated heterocycles.